The Morgan fingerprint density at radius 2 is 1.90 bits per heavy atom. The maximum absolute atomic E-state index is 5.59. The number of morpholine rings is 1. The molecule has 2 heterocycles. The fourth-order valence-electron chi connectivity index (χ4n) is 4.31. The maximum atomic E-state index is 5.59. The predicted octanol–water partition coefficient (Wildman–Crippen LogP) is 2.47. The van der Waals surface area contributed by atoms with Gasteiger partial charge in [0, 0.05) is 46.3 Å². The van der Waals surface area contributed by atoms with Gasteiger partial charge in [0.2, 0.25) is 0 Å². The molecule has 0 bridgehead atoms. The molecule has 164 valence electrons. The van der Waals surface area contributed by atoms with Crippen LogP contribution in [-0.4, -0.2) is 75.4 Å². The van der Waals surface area contributed by atoms with Crippen molar-refractivity contribution in [2.45, 2.75) is 44.2 Å². The molecule has 0 atom stereocenters. The van der Waals surface area contributed by atoms with E-state index in [4.69, 9.17) is 4.74 Å². The zero-order valence-corrected chi connectivity index (χ0v) is 20.4. The summed E-state index contributed by atoms with van der Waals surface area (Å²) in [5.41, 5.74) is 1.23. The molecule has 0 radical (unpaired) electrons. The van der Waals surface area contributed by atoms with Crippen LogP contribution in [0.25, 0.3) is 0 Å². The van der Waals surface area contributed by atoms with Crippen molar-refractivity contribution in [3.05, 3.63) is 23.9 Å². The maximum Gasteiger partial charge on any atom is 0.191 e. The number of aliphatic imine (C=N–C) groups is 1. The summed E-state index contributed by atoms with van der Waals surface area (Å²) in [5, 5.41) is 7.03. The summed E-state index contributed by atoms with van der Waals surface area (Å²) in [6.45, 7) is 5.36. The van der Waals surface area contributed by atoms with Gasteiger partial charge < -0.3 is 20.3 Å². The highest BCUT2D eigenvalue weighted by Gasteiger charge is 2.38. The highest BCUT2D eigenvalue weighted by molar-refractivity contribution is 14.0. The monoisotopic (exact) mass is 516 g/mol. The van der Waals surface area contributed by atoms with Gasteiger partial charge in [-0.15, -0.1) is 24.0 Å². The second-order valence-corrected chi connectivity index (χ2v) is 8.05. The van der Waals surface area contributed by atoms with Gasteiger partial charge in [-0.1, -0.05) is 25.3 Å². The second-order valence-electron chi connectivity index (χ2n) is 8.05. The summed E-state index contributed by atoms with van der Waals surface area (Å²) >= 11 is 0. The van der Waals surface area contributed by atoms with E-state index in [0.29, 0.717) is 6.54 Å². The first-order valence-electron chi connectivity index (χ1n) is 10.5. The Hall–Kier alpha value is -1.13. The van der Waals surface area contributed by atoms with Crippen LogP contribution in [0, 0.1) is 0 Å². The van der Waals surface area contributed by atoms with E-state index in [2.05, 4.69) is 25.5 Å². The van der Waals surface area contributed by atoms with Gasteiger partial charge in [-0.3, -0.25) is 9.89 Å². The van der Waals surface area contributed by atoms with Gasteiger partial charge in [0.15, 0.2) is 5.96 Å². The molecule has 0 spiro atoms. The molecule has 1 aromatic heterocycles. The Kier molecular flexibility index (Phi) is 9.91. The number of hydrogen-bond acceptors (Lipinski definition) is 5. The SMILES string of the molecule is CN=C(NCc1cccc(N(C)C)n1)NCC1(N2CCOCC2)CCCCC1.I. The lowest BCUT2D eigenvalue weighted by atomic mass is 9.80. The van der Waals surface area contributed by atoms with Crippen molar-refractivity contribution >= 4 is 35.8 Å². The Balaban J connectivity index is 0.00000300. The number of halogens is 1. The Morgan fingerprint density at radius 3 is 2.55 bits per heavy atom. The molecule has 3 rings (SSSR count). The van der Waals surface area contributed by atoms with Gasteiger partial charge in [-0.05, 0) is 25.0 Å². The summed E-state index contributed by atoms with van der Waals surface area (Å²) in [7, 11) is 5.85. The molecular weight excluding hydrogens is 479 g/mol. The van der Waals surface area contributed by atoms with Crippen LogP contribution in [0.3, 0.4) is 0 Å². The molecule has 2 fully saturated rings. The quantitative estimate of drug-likeness (QED) is 0.344. The van der Waals surface area contributed by atoms with Crippen LogP contribution in [0.5, 0.6) is 0 Å². The van der Waals surface area contributed by atoms with E-state index >= 15 is 0 Å². The summed E-state index contributed by atoms with van der Waals surface area (Å²) < 4.78 is 5.59. The van der Waals surface area contributed by atoms with Crippen molar-refractivity contribution in [3.8, 4) is 0 Å². The molecule has 2 aliphatic rings. The molecule has 1 saturated carbocycles. The zero-order chi connectivity index (χ0) is 19.8. The first kappa shape index (κ1) is 24.1. The van der Waals surface area contributed by atoms with Gasteiger partial charge >= 0.3 is 0 Å². The molecule has 7 nitrogen and oxygen atoms in total. The van der Waals surface area contributed by atoms with Gasteiger partial charge in [0.1, 0.15) is 5.82 Å². The average molecular weight is 516 g/mol. The van der Waals surface area contributed by atoms with Crippen molar-refractivity contribution in [1.82, 2.24) is 20.5 Å². The van der Waals surface area contributed by atoms with Gasteiger partial charge in [-0.2, -0.15) is 0 Å². The van der Waals surface area contributed by atoms with Crippen LogP contribution in [0.1, 0.15) is 37.8 Å². The number of guanidine groups is 1. The lowest BCUT2D eigenvalue weighted by Crippen LogP contribution is -2.60. The lowest BCUT2D eigenvalue weighted by molar-refractivity contribution is -0.0352. The first-order chi connectivity index (χ1) is 13.6. The number of rotatable bonds is 6. The minimum Gasteiger partial charge on any atom is -0.379 e. The average Bonchev–Trinajstić information content (AvgIpc) is 2.75. The van der Waals surface area contributed by atoms with Crippen molar-refractivity contribution in [2.75, 3.05) is 58.9 Å². The molecule has 1 aliphatic carbocycles. The summed E-state index contributed by atoms with van der Waals surface area (Å²) in [6.07, 6.45) is 6.48. The van der Waals surface area contributed by atoms with E-state index in [0.717, 1.165) is 50.3 Å². The Labute approximate surface area is 192 Å². The lowest BCUT2D eigenvalue weighted by Gasteiger charge is -2.48. The number of nitrogens with zero attached hydrogens (tertiary/aromatic N) is 4. The largest absolute Gasteiger partial charge is 0.379 e. The molecule has 0 aromatic carbocycles. The fraction of sp³-hybridized carbons (Fsp3) is 0.714. The summed E-state index contributed by atoms with van der Waals surface area (Å²) in [4.78, 5) is 13.8. The van der Waals surface area contributed by atoms with Crippen molar-refractivity contribution in [2.24, 2.45) is 4.99 Å². The summed E-state index contributed by atoms with van der Waals surface area (Å²) in [6, 6.07) is 6.11. The molecule has 1 saturated heterocycles. The smallest absolute Gasteiger partial charge is 0.191 e. The molecular formula is C21H37IN6O. The van der Waals surface area contributed by atoms with Gasteiger partial charge in [0.05, 0.1) is 25.5 Å². The number of ether oxygens (including phenoxy) is 1. The summed E-state index contributed by atoms with van der Waals surface area (Å²) in [5.74, 6) is 1.81. The number of hydrogen-bond donors (Lipinski definition) is 2. The number of nitrogens with one attached hydrogen (secondary N) is 2. The Bertz CT molecular complexity index is 642. The van der Waals surface area contributed by atoms with Gasteiger partial charge in [0.25, 0.3) is 0 Å². The van der Waals surface area contributed by atoms with Crippen LogP contribution in [0.4, 0.5) is 5.82 Å². The van der Waals surface area contributed by atoms with Gasteiger partial charge in [-0.25, -0.2) is 4.98 Å². The second kappa shape index (κ2) is 11.9. The van der Waals surface area contributed by atoms with E-state index in [1.807, 2.05) is 44.2 Å². The van der Waals surface area contributed by atoms with E-state index < -0.39 is 0 Å². The standard InChI is InChI=1S/C21H36N6O.HI/c1-22-20(23-16-18-8-7-9-19(25-18)26(2)3)24-17-21(10-5-4-6-11-21)27-12-14-28-15-13-27;/h7-9H,4-6,10-17H2,1-3H3,(H2,22,23,24);1H. The first-order valence-corrected chi connectivity index (χ1v) is 10.5. The zero-order valence-electron chi connectivity index (χ0n) is 18.1. The van der Waals surface area contributed by atoms with Crippen LogP contribution >= 0.6 is 24.0 Å². The molecule has 8 heteroatoms. The van der Waals surface area contributed by atoms with Crippen LogP contribution in [-0.2, 0) is 11.3 Å². The highest BCUT2D eigenvalue weighted by atomic mass is 127. The predicted molar refractivity (Wildman–Crippen MR) is 130 cm³/mol. The van der Waals surface area contributed by atoms with E-state index in [1.54, 1.807) is 0 Å². The molecule has 0 unspecified atom stereocenters. The molecule has 1 aromatic rings. The normalized spacial score (nSPS) is 19.9. The van der Waals surface area contributed by atoms with Crippen LogP contribution in [0.2, 0.25) is 0 Å². The Morgan fingerprint density at radius 1 is 1.17 bits per heavy atom. The number of anilines is 1. The molecule has 1 aliphatic heterocycles. The minimum absolute atomic E-state index is 0. The number of aromatic nitrogens is 1. The third-order valence-electron chi connectivity index (χ3n) is 5.96. The number of pyridine rings is 1. The molecule has 0 amide bonds. The minimum atomic E-state index is 0. The van der Waals surface area contributed by atoms with Crippen LogP contribution in [0.15, 0.2) is 23.2 Å². The third-order valence-corrected chi connectivity index (χ3v) is 5.96. The van der Waals surface area contributed by atoms with Crippen molar-refractivity contribution in [3.63, 3.8) is 0 Å². The van der Waals surface area contributed by atoms with Crippen molar-refractivity contribution < 1.29 is 4.74 Å². The van der Waals surface area contributed by atoms with E-state index in [9.17, 15) is 0 Å². The molecule has 29 heavy (non-hydrogen) atoms. The topological polar surface area (TPSA) is 65.0 Å². The van der Waals surface area contributed by atoms with Crippen molar-refractivity contribution in [1.29, 1.82) is 0 Å². The van der Waals surface area contributed by atoms with E-state index in [1.165, 1.54) is 32.1 Å². The van der Waals surface area contributed by atoms with E-state index in [-0.39, 0.29) is 29.5 Å². The molecule has 2 N–H and O–H groups in total. The fourth-order valence-corrected chi connectivity index (χ4v) is 4.31. The highest BCUT2D eigenvalue weighted by Crippen LogP contribution is 2.33. The van der Waals surface area contributed by atoms with Crippen LogP contribution < -0.4 is 15.5 Å². The third kappa shape index (κ3) is 6.68.